The summed E-state index contributed by atoms with van der Waals surface area (Å²) in [4.78, 5) is 34.7. The van der Waals surface area contributed by atoms with Gasteiger partial charge in [-0.15, -0.1) is 0 Å². The summed E-state index contributed by atoms with van der Waals surface area (Å²) in [6.45, 7) is 0. The number of allylic oxidation sites excluding steroid dienone is 1. The van der Waals surface area contributed by atoms with Crippen LogP contribution in [0.25, 0.3) is 5.69 Å². The number of carbonyl (C=O) groups is 2. The standard InChI is InChI=1S/C15H14N4O3/c1-17-8-6-12(20)14-13(21)7-9-19(18-14)11-4-2-10(3-5-11)15(16)22/h2-9,17H,1H3,(H2,16,22)/b8-6+. The fourth-order valence-electron chi connectivity index (χ4n) is 1.74. The molecule has 0 aliphatic carbocycles. The summed E-state index contributed by atoms with van der Waals surface area (Å²) in [7, 11) is 1.64. The predicted molar refractivity (Wildman–Crippen MR) is 80.9 cm³/mol. The van der Waals surface area contributed by atoms with Crippen molar-refractivity contribution < 1.29 is 9.59 Å². The van der Waals surface area contributed by atoms with E-state index in [0.29, 0.717) is 11.3 Å². The van der Waals surface area contributed by atoms with Crippen LogP contribution < -0.4 is 16.5 Å². The molecule has 0 atom stereocenters. The van der Waals surface area contributed by atoms with Crippen molar-refractivity contribution in [2.75, 3.05) is 7.05 Å². The molecule has 0 spiro atoms. The molecule has 0 aliphatic rings. The zero-order valence-corrected chi connectivity index (χ0v) is 11.8. The lowest BCUT2D eigenvalue weighted by atomic mass is 10.2. The number of nitrogens with one attached hydrogen (secondary N) is 1. The van der Waals surface area contributed by atoms with Crippen LogP contribution in [0.4, 0.5) is 0 Å². The van der Waals surface area contributed by atoms with E-state index in [-0.39, 0.29) is 5.69 Å². The van der Waals surface area contributed by atoms with Crippen molar-refractivity contribution >= 4 is 11.7 Å². The van der Waals surface area contributed by atoms with Crippen molar-refractivity contribution in [1.29, 1.82) is 0 Å². The third-order valence-electron chi connectivity index (χ3n) is 2.86. The molecule has 1 amide bonds. The third-order valence-corrected chi connectivity index (χ3v) is 2.86. The fraction of sp³-hybridized carbons (Fsp3) is 0.0667. The van der Waals surface area contributed by atoms with E-state index in [0.717, 1.165) is 0 Å². The van der Waals surface area contributed by atoms with E-state index in [1.807, 2.05) is 0 Å². The van der Waals surface area contributed by atoms with Gasteiger partial charge < -0.3 is 11.1 Å². The largest absolute Gasteiger partial charge is 0.394 e. The molecule has 2 aromatic rings. The van der Waals surface area contributed by atoms with Crippen LogP contribution in [0.5, 0.6) is 0 Å². The van der Waals surface area contributed by atoms with E-state index >= 15 is 0 Å². The van der Waals surface area contributed by atoms with Gasteiger partial charge in [0, 0.05) is 37.2 Å². The maximum Gasteiger partial charge on any atom is 0.248 e. The normalized spacial score (nSPS) is 10.6. The first-order valence-corrected chi connectivity index (χ1v) is 6.41. The summed E-state index contributed by atoms with van der Waals surface area (Å²) < 4.78 is 1.38. The van der Waals surface area contributed by atoms with Crippen LogP contribution in [0.3, 0.4) is 0 Å². The number of rotatable bonds is 5. The monoisotopic (exact) mass is 298 g/mol. The Morgan fingerprint density at radius 1 is 1.23 bits per heavy atom. The summed E-state index contributed by atoms with van der Waals surface area (Å²) in [6.07, 6.45) is 4.09. The first-order valence-electron chi connectivity index (χ1n) is 6.41. The second-order valence-electron chi connectivity index (χ2n) is 4.37. The Balaban J connectivity index is 2.40. The van der Waals surface area contributed by atoms with Gasteiger partial charge in [-0.1, -0.05) is 0 Å². The number of aromatic nitrogens is 2. The first-order chi connectivity index (χ1) is 10.5. The molecule has 0 fully saturated rings. The zero-order chi connectivity index (χ0) is 16.1. The van der Waals surface area contributed by atoms with Crippen LogP contribution in [0, 0.1) is 0 Å². The topological polar surface area (TPSA) is 107 Å². The highest BCUT2D eigenvalue weighted by atomic mass is 16.1. The predicted octanol–water partition coefficient (Wildman–Crippen LogP) is 0.247. The highest BCUT2D eigenvalue weighted by Gasteiger charge is 2.10. The van der Waals surface area contributed by atoms with Crippen molar-refractivity contribution in [2.24, 2.45) is 5.73 Å². The molecule has 1 aromatic heterocycles. The maximum absolute atomic E-state index is 11.9. The van der Waals surface area contributed by atoms with Gasteiger partial charge in [0.2, 0.25) is 17.1 Å². The Bertz CT molecular complexity index is 791. The molecule has 0 saturated carbocycles. The molecule has 7 nitrogen and oxygen atoms in total. The quantitative estimate of drug-likeness (QED) is 0.607. The van der Waals surface area contributed by atoms with E-state index in [9.17, 15) is 14.4 Å². The number of ketones is 1. The highest BCUT2D eigenvalue weighted by Crippen LogP contribution is 2.08. The van der Waals surface area contributed by atoms with Gasteiger partial charge in [0.05, 0.1) is 5.69 Å². The van der Waals surface area contributed by atoms with Crippen LogP contribution in [0.15, 0.2) is 53.6 Å². The molecular formula is C15H14N4O3. The molecule has 112 valence electrons. The number of hydrogen-bond donors (Lipinski definition) is 2. The maximum atomic E-state index is 11.9. The Morgan fingerprint density at radius 3 is 2.50 bits per heavy atom. The van der Waals surface area contributed by atoms with Gasteiger partial charge in [-0.25, -0.2) is 4.68 Å². The second-order valence-corrected chi connectivity index (χ2v) is 4.37. The Labute approximate surface area is 126 Å². The molecule has 2 rings (SSSR count). The van der Waals surface area contributed by atoms with Crippen LogP contribution >= 0.6 is 0 Å². The van der Waals surface area contributed by atoms with Gasteiger partial charge in [-0.05, 0) is 24.3 Å². The Hall–Kier alpha value is -3.22. The molecular weight excluding hydrogens is 284 g/mol. The Morgan fingerprint density at radius 2 is 1.91 bits per heavy atom. The summed E-state index contributed by atoms with van der Waals surface area (Å²) >= 11 is 0. The zero-order valence-electron chi connectivity index (χ0n) is 11.8. The van der Waals surface area contributed by atoms with Gasteiger partial charge in [-0.2, -0.15) is 5.10 Å². The number of nitrogens with zero attached hydrogens (tertiary/aromatic N) is 2. The number of benzene rings is 1. The number of carbonyl (C=O) groups excluding carboxylic acids is 2. The summed E-state index contributed by atoms with van der Waals surface area (Å²) in [5.41, 5.74) is 5.48. The molecule has 0 bridgehead atoms. The first kappa shape index (κ1) is 15.2. The summed E-state index contributed by atoms with van der Waals surface area (Å²) in [5, 5.41) is 6.70. The summed E-state index contributed by atoms with van der Waals surface area (Å²) in [6, 6.07) is 7.58. The van der Waals surface area contributed by atoms with Crippen molar-refractivity contribution in [3.8, 4) is 5.69 Å². The van der Waals surface area contributed by atoms with E-state index in [2.05, 4.69) is 10.4 Å². The average Bonchev–Trinajstić information content (AvgIpc) is 2.53. The lowest BCUT2D eigenvalue weighted by molar-refractivity contribution is 0.0998. The fourth-order valence-corrected chi connectivity index (χ4v) is 1.74. The second kappa shape index (κ2) is 6.49. The van der Waals surface area contributed by atoms with Crippen molar-refractivity contribution in [2.45, 2.75) is 0 Å². The highest BCUT2D eigenvalue weighted by molar-refractivity contribution is 6.02. The number of hydrogen-bond acceptors (Lipinski definition) is 5. The minimum absolute atomic E-state index is 0.187. The molecule has 1 aromatic carbocycles. The van der Waals surface area contributed by atoms with Crippen LogP contribution in [0.2, 0.25) is 0 Å². The lowest BCUT2D eigenvalue weighted by Crippen LogP contribution is -2.20. The molecule has 1 heterocycles. The van der Waals surface area contributed by atoms with Crippen molar-refractivity contribution in [1.82, 2.24) is 15.1 Å². The van der Waals surface area contributed by atoms with E-state index in [1.54, 1.807) is 31.3 Å². The van der Waals surface area contributed by atoms with Crippen LogP contribution in [0.1, 0.15) is 20.8 Å². The van der Waals surface area contributed by atoms with Gasteiger partial charge in [0.15, 0.2) is 5.69 Å². The van der Waals surface area contributed by atoms with E-state index in [4.69, 9.17) is 5.73 Å². The molecule has 3 N–H and O–H groups in total. The van der Waals surface area contributed by atoms with Crippen LogP contribution in [-0.2, 0) is 0 Å². The lowest BCUT2D eigenvalue weighted by Gasteiger charge is -2.06. The average molecular weight is 298 g/mol. The third kappa shape index (κ3) is 3.26. The molecule has 0 saturated heterocycles. The molecule has 0 aliphatic heterocycles. The molecule has 0 unspecified atom stereocenters. The van der Waals surface area contributed by atoms with E-state index < -0.39 is 17.1 Å². The molecule has 22 heavy (non-hydrogen) atoms. The number of nitrogens with two attached hydrogens (primary N) is 1. The van der Waals surface area contributed by atoms with Gasteiger partial charge in [0.1, 0.15) is 0 Å². The van der Waals surface area contributed by atoms with Gasteiger partial charge in [-0.3, -0.25) is 14.4 Å². The number of amides is 1. The summed E-state index contributed by atoms with van der Waals surface area (Å²) in [5.74, 6) is -1.03. The van der Waals surface area contributed by atoms with Crippen molar-refractivity contribution in [3.63, 3.8) is 0 Å². The minimum atomic E-state index is -0.535. The van der Waals surface area contributed by atoms with Crippen molar-refractivity contribution in [3.05, 3.63) is 70.3 Å². The van der Waals surface area contributed by atoms with Gasteiger partial charge >= 0.3 is 0 Å². The number of primary amides is 1. The smallest absolute Gasteiger partial charge is 0.248 e. The van der Waals surface area contributed by atoms with Crippen LogP contribution in [-0.4, -0.2) is 28.5 Å². The van der Waals surface area contributed by atoms with Gasteiger partial charge in [0.25, 0.3) is 0 Å². The SMILES string of the molecule is CN/C=C/C(=O)c1nn(-c2ccc(C(N)=O)cc2)ccc1=O. The minimum Gasteiger partial charge on any atom is -0.394 e. The molecule has 0 radical (unpaired) electrons. The van der Waals surface area contributed by atoms with E-state index in [1.165, 1.54) is 29.2 Å². The molecule has 7 heteroatoms. The Kier molecular flexibility index (Phi) is 4.47.